The second-order valence-corrected chi connectivity index (χ2v) is 10.7. The van der Waals surface area contributed by atoms with Gasteiger partial charge in [0, 0.05) is 24.2 Å². The van der Waals surface area contributed by atoms with Crippen molar-refractivity contribution in [3.8, 4) is 0 Å². The van der Waals surface area contributed by atoms with Gasteiger partial charge in [-0.05, 0) is 53.9 Å². The van der Waals surface area contributed by atoms with Crippen LogP contribution in [0.4, 0.5) is 4.79 Å². The van der Waals surface area contributed by atoms with E-state index in [1.165, 1.54) is 0 Å². The normalized spacial score (nSPS) is 16.5. The summed E-state index contributed by atoms with van der Waals surface area (Å²) >= 11 is 0. The number of benzene rings is 1. The van der Waals surface area contributed by atoms with E-state index in [2.05, 4.69) is 10.3 Å². The maximum absolute atomic E-state index is 13.2. The number of allylic oxidation sites excluding steroid dienone is 4. The highest BCUT2D eigenvalue weighted by Crippen LogP contribution is 2.30. The van der Waals surface area contributed by atoms with Gasteiger partial charge in [0.25, 0.3) is 0 Å². The Hall–Kier alpha value is -3.75. The number of carbonyl (C=O) groups excluding carboxylic acids is 3. The van der Waals surface area contributed by atoms with Crippen LogP contribution in [0.2, 0.25) is 0 Å². The molecule has 9 heteroatoms. The van der Waals surface area contributed by atoms with Crippen molar-refractivity contribution in [2.24, 2.45) is 0 Å². The Morgan fingerprint density at radius 3 is 2.35 bits per heavy atom. The highest BCUT2D eigenvalue weighted by atomic mass is 16.6. The fourth-order valence-electron chi connectivity index (χ4n) is 4.39. The van der Waals surface area contributed by atoms with Gasteiger partial charge in [-0.2, -0.15) is 0 Å². The molecule has 1 aromatic heterocycles. The number of Topliss-reactive ketones (excluding diaryl/α,β-unsaturated/α-hetero) is 2. The molecule has 0 bridgehead atoms. The van der Waals surface area contributed by atoms with E-state index < -0.39 is 5.60 Å². The lowest BCUT2D eigenvalue weighted by atomic mass is 9.86. The first kappa shape index (κ1) is 26.3. The number of fused-ring (bicyclic) bond motifs is 1. The monoisotopic (exact) mass is 506 g/mol. The number of aromatic nitrogens is 3. The molecule has 1 aliphatic carbocycles. The van der Waals surface area contributed by atoms with Crippen molar-refractivity contribution < 1.29 is 23.9 Å². The molecule has 0 radical (unpaired) electrons. The smallest absolute Gasteiger partial charge is 0.410 e. The number of hydrogen-bond acceptors (Lipinski definition) is 7. The Morgan fingerprint density at radius 2 is 1.73 bits per heavy atom. The number of likely N-dealkylation sites (tertiary alicyclic amines) is 1. The number of piperidine rings is 1. The van der Waals surface area contributed by atoms with Crippen molar-refractivity contribution in [3.63, 3.8) is 0 Å². The van der Waals surface area contributed by atoms with Crippen molar-refractivity contribution in [2.45, 2.75) is 72.1 Å². The molecule has 2 aliphatic rings. The lowest BCUT2D eigenvalue weighted by molar-refractivity contribution is 0.0184. The minimum Gasteiger partial charge on any atom is -0.483 e. The largest absolute Gasteiger partial charge is 0.483 e. The first-order valence-electron chi connectivity index (χ1n) is 12.6. The Kier molecular flexibility index (Phi) is 7.61. The molecular formula is C28H34N4O5. The van der Waals surface area contributed by atoms with Crippen LogP contribution >= 0.6 is 0 Å². The third kappa shape index (κ3) is 6.15. The summed E-state index contributed by atoms with van der Waals surface area (Å²) in [5.74, 6) is -0.418. The van der Waals surface area contributed by atoms with Crippen molar-refractivity contribution in [1.29, 1.82) is 0 Å². The van der Waals surface area contributed by atoms with Gasteiger partial charge in [-0.15, -0.1) is 5.10 Å². The highest BCUT2D eigenvalue weighted by molar-refractivity contribution is 6.26. The molecule has 0 unspecified atom stereocenters. The Morgan fingerprint density at radius 1 is 1.08 bits per heavy atom. The maximum Gasteiger partial charge on any atom is 0.410 e. The zero-order valence-corrected chi connectivity index (χ0v) is 22.1. The molecule has 9 nitrogen and oxygen atoms in total. The van der Waals surface area contributed by atoms with E-state index in [0.717, 1.165) is 18.4 Å². The molecule has 1 aliphatic heterocycles. The lowest BCUT2D eigenvalue weighted by Crippen LogP contribution is -2.42. The second-order valence-electron chi connectivity index (χ2n) is 10.7. The molecule has 4 rings (SSSR count). The number of ketones is 2. The van der Waals surface area contributed by atoms with Gasteiger partial charge in [0.1, 0.15) is 17.9 Å². The third-order valence-corrected chi connectivity index (χ3v) is 6.30. The number of carbonyl (C=O) groups is 3. The van der Waals surface area contributed by atoms with Gasteiger partial charge in [-0.25, -0.2) is 9.48 Å². The summed E-state index contributed by atoms with van der Waals surface area (Å²) in [6, 6.07) is 6.91. The first-order chi connectivity index (χ1) is 17.5. The molecule has 1 amide bonds. The molecule has 2 aromatic rings. The minimum atomic E-state index is -0.526. The van der Waals surface area contributed by atoms with Crippen LogP contribution in [0.5, 0.6) is 0 Å². The maximum atomic E-state index is 13.2. The Bertz CT molecular complexity index is 1260. The summed E-state index contributed by atoms with van der Waals surface area (Å²) in [5, 5.41) is 8.47. The summed E-state index contributed by atoms with van der Waals surface area (Å²) in [6.07, 6.45) is 5.18. The topological polar surface area (TPSA) is 104 Å². The highest BCUT2D eigenvalue weighted by Gasteiger charge is 2.33. The zero-order chi connectivity index (χ0) is 26.7. The number of rotatable bonds is 6. The number of amides is 1. The molecule has 1 aromatic carbocycles. The number of nitrogens with zero attached hydrogens (tertiary/aromatic N) is 4. The van der Waals surface area contributed by atoms with Crippen LogP contribution in [0, 0.1) is 0 Å². The van der Waals surface area contributed by atoms with E-state index in [4.69, 9.17) is 9.47 Å². The molecule has 0 atom stereocenters. The lowest BCUT2D eigenvalue weighted by Gasteiger charge is -2.33. The number of ether oxygens (including phenoxy) is 2. The van der Waals surface area contributed by atoms with Gasteiger partial charge in [-0.1, -0.05) is 41.1 Å². The van der Waals surface area contributed by atoms with Crippen molar-refractivity contribution in [3.05, 3.63) is 70.3 Å². The van der Waals surface area contributed by atoms with Crippen molar-refractivity contribution in [1.82, 2.24) is 19.9 Å². The molecule has 1 fully saturated rings. The van der Waals surface area contributed by atoms with Crippen LogP contribution < -0.4 is 0 Å². The third-order valence-electron chi connectivity index (χ3n) is 6.30. The molecule has 37 heavy (non-hydrogen) atoms. The summed E-state index contributed by atoms with van der Waals surface area (Å²) in [6.45, 7) is 10.6. The van der Waals surface area contributed by atoms with E-state index in [0.29, 0.717) is 41.9 Å². The van der Waals surface area contributed by atoms with E-state index in [1.807, 2.05) is 40.7 Å². The summed E-state index contributed by atoms with van der Waals surface area (Å²) in [7, 11) is 0. The van der Waals surface area contributed by atoms with Gasteiger partial charge in [0.15, 0.2) is 11.5 Å². The van der Waals surface area contributed by atoms with Gasteiger partial charge >= 0.3 is 6.09 Å². The zero-order valence-electron chi connectivity index (χ0n) is 22.1. The molecule has 0 N–H and O–H groups in total. The predicted molar refractivity (Wildman–Crippen MR) is 137 cm³/mol. The van der Waals surface area contributed by atoms with E-state index >= 15 is 0 Å². The van der Waals surface area contributed by atoms with Crippen molar-refractivity contribution >= 4 is 17.7 Å². The molecule has 1 saturated heterocycles. The predicted octanol–water partition coefficient (Wildman–Crippen LogP) is 5.06. The molecule has 0 spiro atoms. The van der Waals surface area contributed by atoms with Gasteiger partial charge in [-0.3, -0.25) is 9.59 Å². The van der Waals surface area contributed by atoms with Crippen LogP contribution in [-0.2, 0) is 16.1 Å². The standard InChI is InChI=1S/C28H34N4O5/c1-18(2)10-11-23-24(33)21-8-6-7-9-22(21)25(34)26(23)36-17-19-16-32(30-29-19)20-12-14-31(15-13-20)27(35)37-28(3,4)5/h6-10,16,20H,11-15,17H2,1-5H3. The van der Waals surface area contributed by atoms with Crippen LogP contribution in [-0.4, -0.2) is 56.2 Å². The van der Waals surface area contributed by atoms with Crippen LogP contribution in [0.25, 0.3) is 0 Å². The average molecular weight is 507 g/mol. The van der Waals surface area contributed by atoms with Gasteiger partial charge < -0.3 is 14.4 Å². The van der Waals surface area contributed by atoms with E-state index in [-0.39, 0.29) is 36.1 Å². The second kappa shape index (κ2) is 10.7. The fraction of sp³-hybridized carbons (Fsp3) is 0.464. The minimum absolute atomic E-state index is 0.0194. The Labute approximate surface area is 217 Å². The van der Waals surface area contributed by atoms with E-state index in [1.54, 1.807) is 40.0 Å². The molecule has 196 valence electrons. The number of hydrogen-bond donors (Lipinski definition) is 0. The van der Waals surface area contributed by atoms with Gasteiger partial charge in [0.05, 0.1) is 17.8 Å². The summed E-state index contributed by atoms with van der Waals surface area (Å²) in [5.41, 5.74) is 2.19. The summed E-state index contributed by atoms with van der Waals surface area (Å²) < 4.78 is 13.2. The van der Waals surface area contributed by atoms with E-state index in [9.17, 15) is 14.4 Å². The fourth-order valence-corrected chi connectivity index (χ4v) is 4.39. The summed E-state index contributed by atoms with van der Waals surface area (Å²) in [4.78, 5) is 40.4. The first-order valence-corrected chi connectivity index (χ1v) is 12.6. The van der Waals surface area contributed by atoms with Gasteiger partial charge in [0.2, 0.25) is 5.78 Å². The van der Waals surface area contributed by atoms with Crippen LogP contribution in [0.15, 0.2) is 53.4 Å². The van der Waals surface area contributed by atoms with Crippen molar-refractivity contribution in [2.75, 3.05) is 13.1 Å². The van der Waals surface area contributed by atoms with Crippen LogP contribution in [0.3, 0.4) is 0 Å². The Balaban J connectivity index is 1.43. The SMILES string of the molecule is CC(C)=CCC1=C(OCc2cn(C3CCN(C(=O)OC(C)(C)C)CC3)nn2)C(=O)c2ccccc2C1=O. The molecule has 2 heterocycles. The molecular weight excluding hydrogens is 472 g/mol. The molecule has 0 saturated carbocycles. The quantitative estimate of drug-likeness (QED) is 0.505. The average Bonchev–Trinajstić information content (AvgIpc) is 3.32. The van der Waals surface area contributed by atoms with Crippen LogP contribution in [0.1, 0.15) is 86.3 Å².